The van der Waals surface area contributed by atoms with E-state index in [0.29, 0.717) is 11.3 Å². The van der Waals surface area contributed by atoms with Crippen LogP contribution in [-0.2, 0) is 6.42 Å². The molecule has 15 heavy (non-hydrogen) atoms. The fourth-order valence-electron chi connectivity index (χ4n) is 2.70. The highest BCUT2D eigenvalue weighted by atomic mass is 35.5. The fraction of sp³-hybridized carbons (Fsp3) is 0.538. The van der Waals surface area contributed by atoms with E-state index < -0.39 is 0 Å². The summed E-state index contributed by atoms with van der Waals surface area (Å²) < 4.78 is 0. The molecular weight excluding hydrogens is 206 g/mol. The summed E-state index contributed by atoms with van der Waals surface area (Å²) in [4.78, 5) is 0. The third-order valence-electron chi connectivity index (χ3n) is 3.30. The molecule has 1 atom stereocenters. The Morgan fingerprint density at radius 1 is 1.47 bits per heavy atom. The van der Waals surface area contributed by atoms with Crippen LogP contribution in [0.5, 0.6) is 0 Å². The van der Waals surface area contributed by atoms with E-state index in [0.717, 1.165) is 18.0 Å². The molecule has 0 amide bonds. The summed E-state index contributed by atoms with van der Waals surface area (Å²) in [5, 5.41) is 0.835. The second-order valence-corrected chi connectivity index (χ2v) is 5.76. The van der Waals surface area contributed by atoms with Gasteiger partial charge in [-0.15, -0.1) is 0 Å². The quantitative estimate of drug-likeness (QED) is 0.777. The summed E-state index contributed by atoms with van der Waals surface area (Å²) >= 11 is 6.03. The maximum Gasteiger partial charge on any atom is 0.0408 e. The molecular formula is C13H18ClN. The minimum absolute atomic E-state index is 0.349. The second kappa shape index (κ2) is 3.80. The van der Waals surface area contributed by atoms with Crippen molar-refractivity contribution in [1.82, 2.24) is 0 Å². The van der Waals surface area contributed by atoms with Gasteiger partial charge < -0.3 is 5.73 Å². The third-order valence-corrected chi connectivity index (χ3v) is 3.53. The van der Waals surface area contributed by atoms with Crippen molar-refractivity contribution in [3.63, 3.8) is 0 Å². The zero-order chi connectivity index (χ0) is 11.1. The summed E-state index contributed by atoms with van der Waals surface area (Å²) in [7, 11) is 0. The van der Waals surface area contributed by atoms with Crippen LogP contribution in [0.15, 0.2) is 18.2 Å². The molecule has 1 aliphatic carbocycles. The van der Waals surface area contributed by atoms with Crippen LogP contribution in [0.3, 0.4) is 0 Å². The maximum atomic E-state index is 6.03. The zero-order valence-corrected chi connectivity index (χ0v) is 10.1. The molecule has 0 aliphatic heterocycles. The number of fused-ring (bicyclic) bond motifs is 1. The molecule has 2 heteroatoms. The van der Waals surface area contributed by atoms with Crippen LogP contribution in [0, 0.1) is 5.41 Å². The summed E-state index contributed by atoms with van der Waals surface area (Å²) in [5.74, 6) is 0.501. The molecule has 1 aliphatic rings. The molecule has 1 aromatic carbocycles. The minimum atomic E-state index is 0.349. The molecule has 1 unspecified atom stereocenters. The molecule has 1 nitrogen and oxygen atoms in total. The van der Waals surface area contributed by atoms with Gasteiger partial charge >= 0.3 is 0 Å². The lowest BCUT2D eigenvalue weighted by Gasteiger charge is -2.36. The molecule has 0 heterocycles. The average Bonchev–Trinajstić information content (AvgIpc) is 2.14. The Labute approximate surface area is 96.6 Å². The van der Waals surface area contributed by atoms with Crippen molar-refractivity contribution in [2.45, 2.75) is 32.6 Å². The van der Waals surface area contributed by atoms with Gasteiger partial charge in [-0.2, -0.15) is 0 Å². The van der Waals surface area contributed by atoms with Crippen LogP contribution in [0.2, 0.25) is 5.02 Å². The number of rotatable bonds is 1. The standard InChI is InChI=1S/C13H18ClN/c1-13(2)6-9-5-11(14)3-4-12(9)10(7-13)8-15/h3-5,10H,6-8,15H2,1-2H3. The Hall–Kier alpha value is -0.530. The summed E-state index contributed by atoms with van der Waals surface area (Å²) in [5.41, 5.74) is 8.98. The van der Waals surface area contributed by atoms with Gasteiger partial charge in [-0.05, 0) is 54.0 Å². The van der Waals surface area contributed by atoms with E-state index in [4.69, 9.17) is 17.3 Å². The van der Waals surface area contributed by atoms with Crippen LogP contribution in [0.1, 0.15) is 37.3 Å². The van der Waals surface area contributed by atoms with Crippen molar-refractivity contribution < 1.29 is 0 Å². The monoisotopic (exact) mass is 223 g/mol. The number of halogens is 1. The molecule has 0 bridgehead atoms. The maximum absolute atomic E-state index is 6.03. The van der Waals surface area contributed by atoms with Crippen molar-refractivity contribution >= 4 is 11.6 Å². The average molecular weight is 224 g/mol. The van der Waals surface area contributed by atoms with E-state index in [2.05, 4.69) is 26.0 Å². The highest BCUT2D eigenvalue weighted by molar-refractivity contribution is 6.30. The predicted molar refractivity (Wildman–Crippen MR) is 65.3 cm³/mol. The Bertz CT molecular complexity index is 371. The van der Waals surface area contributed by atoms with Gasteiger partial charge in [-0.3, -0.25) is 0 Å². The Kier molecular flexibility index (Phi) is 2.78. The van der Waals surface area contributed by atoms with E-state index >= 15 is 0 Å². The molecule has 82 valence electrons. The highest BCUT2D eigenvalue weighted by Crippen LogP contribution is 2.42. The van der Waals surface area contributed by atoms with Gasteiger partial charge in [-0.1, -0.05) is 31.5 Å². The Morgan fingerprint density at radius 3 is 2.87 bits per heavy atom. The largest absolute Gasteiger partial charge is 0.330 e. The fourth-order valence-corrected chi connectivity index (χ4v) is 2.90. The highest BCUT2D eigenvalue weighted by Gasteiger charge is 2.31. The molecule has 0 aromatic heterocycles. The topological polar surface area (TPSA) is 26.0 Å². The van der Waals surface area contributed by atoms with Crippen LogP contribution in [0.25, 0.3) is 0 Å². The van der Waals surface area contributed by atoms with E-state index in [1.807, 2.05) is 6.07 Å². The minimum Gasteiger partial charge on any atom is -0.330 e. The molecule has 2 rings (SSSR count). The van der Waals surface area contributed by atoms with Gasteiger partial charge in [-0.25, -0.2) is 0 Å². The first kappa shape index (κ1) is 11.0. The second-order valence-electron chi connectivity index (χ2n) is 5.32. The van der Waals surface area contributed by atoms with Crippen molar-refractivity contribution in [3.8, 4) is 0 Å². The number of benzene rings is 1. The van der Waals surface area contributed by atoms with E-state index in [9.17, 15) is 0 Å². The van der Waals surface area contributed by atoms with E-state index in [-0.39, 0.29) is 0 Å². The Balaban J connectivity index is 2.44. The first-order chi connectivity index (χ1) is 7.02. The van der Waals surface area contributed by atoms with Gasteiger partial charge in [0.05, 0.1) is 0 Å². The lowest BCUT2D eigenvalue weighted by molar-refractivity contribution is 0.282. The Morgan fingerprint density at radius 2 is 2.20 bits per heavy atom. The van der Waals surface area contributed by atoms with Gasteiger partial charge in [0, 0.05) is 5.02 Å². The molecule has 0 fully saturated rings. The molecule has 1 aromatic rings. The molecule has 0 saturated carbocycles. The van der Waals surface area contributed by atoms with E-state index in [1.165, 1.54) is 17.5 Å². The van der Waals surface area contributed by atoms with Crippen LogP contribution < -0.4 is 5.73 Å². The van der Waals surface area contributed by atoms with Crippen molar-refractivity contribution in [2.24, 2.45) is 11.1 Å². The van der Waals surface area contributed by atoms with Gasteiger partial charge in [0.1, 0.15) is 0 Å². The normalized spacial score (nSPS) is 23.6. The smallest absolute Gasteiger partial charge is 0.0408 e. The van der Waals surface area contributed by atoms with Gasteiger partial charge in [0.2, 0.25) is 0 Å². The number of hydrogen-bond acceptors (Lipinski definition) is 1. The molecule has 0 spiro atoms. The summed E-state index contributed by atoms with van der Waals surface area (Å²) in [6.07, 6.45) is 2.29. The van der Waals surface area contributed by atoms with Crippen LogP contribution in [0.4, 0.5) is 0 Å². The van der Waals surface area contributed by atoms with Crippen LogP contribution >= 0.6 is 11.6 Å². The molecule has 0 radical (unpaired) electrons. The molecule has 0 saturated heterocycles. The van der Waals surface area contributed by atoms with Crippen molar-refractivity contribution in [3.05, 3.63) is 34.3 Å². The van der Waals surface area contributed by atoms with E-state index in [1.54, 1.807) is 0 Å². The molecule has 2 N–H and O–H groups in total. The number of nitrogens with two attached hydrogens (primary N) is 1. The van der Waals surface area contributed by atoms with Gasteiger partial charge in [0.25, 0.3) is 0 Å². The SMILES string of the molecule is CC1(C)Cc2cc(Cl)ccc2C(CN)C1. The predicted octanol–water partition coefficient (Wildman–Crippen LogP) is 3.35. The van der Waals surface area contributed by atoms with Crippen molar-refractivity contribution in [1.29, 1.82) is 0 Å². The number of hydrogen-bond donors (Lipinski definition) is 1. The lowest BCUT2D eigenvalue weighted by Crippen LogP contribution is -2.29. The summed E-state index contributed by atoms with van der Waals surface area (Å²) in [6, 6.07) is 6.21. The van der Waals surface area contributed by atoms with Crippen LogP contribution in [-0.4, -0.2) is 6.54 Å². The van der Waals surface area contributed by atoms with Gasteiger partial charge in [0.15, 0.2) is 0 Å². The first-order valence-corrected chi connectivity index (χ1v) is 5.88. The first-order valence-electron chi connectivity index (χ1n) is 5.50. The van der Waals surface area contributed by atoms with Crippen molar-refractivity contribution in [2.75, 3.05) is 6.54 Å². The summed E-state index contributed by atoms with van der Waals surface area (Å²) in [6.45, 7) is 5.34. The lowest BCUT2D eigenvalue weighted by atomic mass is 9.69. The zero-order valence-electron chi connectivity index (χ0n) is 9.39. The third kappa shape index (κ3) is 2.19.